The van der Waals surface area contributed by atoms with E-state index in [-0.39, 0.29) is 61.4 Å². The third-order valence-corrected chi connectivity index (χ3v) is 19.8. The van der Waals surface area contributed by atoms with E-state index < -0.39 is 272 Å². The Bertz CT molecular complexity index is 4240. The molecule has 0 aliphatic carbocycles. The summed E-state index contributed by atoms with van der Waals surface area (Å²) < 4.78 is 0. The molecule has 0 spiro atoms. The van der Waals surface area contributed by atoms with E-state index in [1.807, 2.05) is 10.6 Å². The minimum absolute atomic E-state index is 0.0278. The van der Waals surface area contributed by atoms with E-state index in [2.05, 4.69) is 89.1 Å². The first-order valence-electron chi connectivity index (χ1n) is 41.5. The maximum Gasteiger partial charge on any atom is 0.326 e. The van der Waals surface area contributed by atoms with Gasteiger partial charge in [0.25, 0.3) is 0 Å². The Morgan fingerprint density at radius 2 is 0.646 bits per heavy atom. The number of carboxylic acid groups (broad SMARTS) is 5. The minimum Gasteiger partial charge on any atom is -0.481 e. The number of nitrogens with two attached hydrogens (primary N) is 1. The van der Waals surface area contributed by atoms with Crippen molar-refractivity contribution in [1.29, 1.82) is 0 Å². The van der Waals surface area contributed by atoms with Crippen LogP contribution in [-0.2, 0) is 115 Å². The van der Waals surface area contributed by atoms with E-state index in [1.165, 1.54) is 51.6 Å². The lowest BCUT2D eigenvalue weighted by Gasteiger charge is -2.31. The van der Waals surface area contributed by atoms with Crippen molar-refractivity contribution in [3.05, 3.63) is 72.3 Å². The van der Waals surface area contributed by atoms with E-state index in [1.54, 1.807) is 87.4 Å². The van der Waals surface area contributed by atoms with Crippen molar-refractivity contribution in [2.24, 2.45) is 41.2 Å². The SMILES string of the molecule is CC[C@H](C)[C@H](NC(=O)[C@@H](NC(C)=O)C(C)C)C(=O)N[C@@H](CC(C)C)C(=O)N[C@H](C(=O)N[C@@H](CC(C)C)C(=O)N[C@@H](Cc1ccccc1)C(=O)N[C@@H](CC(=O)O)C(=O)N[C@@H](CC(=O)O)C(=O)N[C@@H](CC(=O)O)C(=O)N[C@@H](Cc1c[nH]cn1)C(=O)N[C@@H](CO)C(=O)N[C@@H](CC(=O)O)C(=O)N[C@H](C(=O)N[C@@H](Cc1c[nH]cn1)C(=O)N[C@@H](CCCCN)C(=O)O)C(C)C)C(C)C. The van der Waals surface area contributed by atoms with E-state index in [0.717, 1.165) is 6.33 Å². The Balaban J connectivity index is 1.95. The molecule has 0 fully saturated rings. The number of benzene rings is 1. The van der Waals surface area contributed by atoms with Crippen LogP contribution in [0.5, 0.6) is 0 Å². The summed E-state index contributed by atoms with van der Waals surface area (Å²) in [6.07, 6.45) is -0.675. The number of aliphatic carboxylic acids is 5. The molecule has 46 nitrogen and oxygen atoms in total. The number of aliphatic hydroxyl groups is 1. The largest absolute Gasteiger partial charge is 0.481 e. The van der Waals surface area contributed by atoms with Crippen LogP contribution in [0.3, 0.4) is 0 Å². The molecule has 127 heavy (non-hydrogen) atoms. The van der Waals surface area contributed by atoms with Crippen LogP contribution in [0.2, 0.25) is 0 Å². The Morgan fingerprint density at radius 1 is 0.354 bits per heavy atom. The fraction of sp³-hybridized carbons (Fsp3) is 0.605. The van der Waals surface area contributed by atoms with Gasteiger partial charge in [0.2, 0.25) is 88.6 Å². The molecular weight excluding hydrogens is 1670 g/mol. The summed E-state index contributed by atoms with van der Waals surface area (Å²) in [6, 6.07) is -18.2. The average Bonchev–Trinajstić information content (AvgIpc) is 1.38. The Kier molecular flexibility index (Phi) is 46.0. The third-order valence-electron chi connectivity index (χ3n) is 19.8. The monoisotopic (exact) mass is 1790 g/mol. The number of amides is 15. The van der Waals surface area contributed by atoms with Crippen molar-refractivity contribution >= 4 is 118 Å². The van der Waals surface area contributed by atoms with Gasteiger partial charge >= 0.3 is 29.8 Å². The topological polar surface area (TPSA) is 727 Å². The maximum atomic E-state index is 14.7. The molecule has 2 heterocycles. The van der Waals surface area contributed by atoms with Gasteiger partial charge in [0.1, 0.15) is 90.6 Å². The summed E-state index contributed by atoms with van der Waals surface area (Å²) in [4.78, 5) is 286. The molecule has 3 aromatic rings. The molecule has 3 rings (SSSR count). The number of aliphatic hydroxyl groups excluding tert-OH is 1. The van der Waals surface area contributed by atoms with Gasteiger partial charge in [-0.25, -0.2) is 14.8 Å². The summed E-state index contributed by atoms with van der Waals surface area (Å²) in [6.45, 7) is 20.0. The number of hydrogen-bond donors (Lipinski definition) is 24. The van der Waals surface area contributed by atoms with Gasteiger partial charge in [0.05, 0.1) is 56.3 Å². The molecule has 0 bridgehead atoms. The number of nitrogens with one attached hydrogen (secondary N) is 17. The van der Waals surface area contributed by atoms with Crippen molar-refractivity contribution in [3.8, 4) is 0 Å². The third kappa shape index (κ3) is 38.5. The first kappa shape index (κ1) is 108. The van der Waals surface area contributed by atoms with Crippen LogP contribution < -0.4 is 85.5 Å². The van der Waals surface area contributed by atoms with Gasteiger partial charge in [-0.2, -0.15) is 0 Å². The summed E-state index contributed by atoms with van der Waals surface area (Å²) in [5, 5.41) is 96.2. The average molecular weight is 1790 g/mol. The number of aromatic amines is 2. The molecule has 16 atom stereocenters. The van der Waals surface area contributed by atoms with Gasteiger partial charge in [0, 0.05) is 38.6 Å². The molecule has 2 aromatic heterocycles. The van der Waals surface area contributed by atoms with Gasteiger partial charge in [0.15, 0.2) is 0 Å². The van der Waals surface area contributed by atoms with Crippen molar-refractivity contribution in [2.45, 2.75) is 264 Å². The van der Waals surface area contributed by atoms with E-state index in [0.29, 0.717) is 24.8 Å². The standard InChI is InChI=1S/C81H124N20O26/c1-14-43(12)66(101-79(124)63(40(6)7)87-44(13)103)80(125)96-50(25-39(4)5)74(119)99-64(41(8)9)77(122)95-49(24-38(2)3)67(112)89-51(26-45-20-16-15-17-21-45)68(113)91-55(30-60(106)107)72(117)93-56(31-61(108)109)73(118)92-54(29-59(104)105)71(116)90-52(27-46-33-83-36-85-46)70(115)98-58(35-102)76(121)94-57(32-62(110)111)75(120)100-65(42(10)11)78(123)97-53(28-47-34-84-37-86-47)69(114)88-48(81(126)127)22-18-19-23-82/h15-17,20-21,33-34,36-43,48-58,63-66,102H,14,18-19,22-32,35,82H2,1-13H3,(H,83,85)(H,84,86)(H,87,103)(H,88,114)(H,89,112)(H,90,116)(H,91,113)(H,92,118)(H,93,117)(H,94,121)(H,95,122)(H,96,125)(H,97,123)(H,98,115)(H,99,119)(H,100,120)(H,101,124)(H,104,105)(H,106,107)(H,108,109)(H,110,111)(H,126,127)/t43-,48-,49-,50-,51-,52-,53-,54-,55-,56-,57-,58-,63-,64-,65-,66-/m0/s1. The predicted molar refractivity (Wildman–Crippen MR) is 449 cm³/mol. The molecular formula is C81H124N20O26. The molecule has 0 radical (unpaired) electrons. The quantitative estimate of drug-likeness (QED) is 0.0238. The lowest BCUT2D eigenvalue weighted by Crippen LogP contribution is -2.62. The number of carbonyl (C=O) groups excluding carboxylic acids is 15. The van der Waals surface area contributed by atoms with Gasteiger partial charge in [-0.05, 0) is 79.7 Å². The zero-order valence-electron chi connectivity index (χ0n) is 73.2. The number of H-pyrrole nitrogens is 2. The maximum absolute atomic E-state index is 14.7. The number of aromatic nitrogens is 4. The van der Waals surface area contributed by atoms with Crippen LogP contribution in [0.25, 0.3) is 0 Å². The highest BCUT2D eigenvalue weighted by Crippen LogP contribution is 2.18. The molecule has 0 unspecified atom stereocenters. The van der Waals surface area contributed by atoms with Gasteiger partial charge in [-0.3, -0.25) is 91.1 Å². The van der Waals surface area contributed by atoms with Crippen LogP contribution in [0, 0.1) is 35.5 Å². The zero-order valence-corrected chi connectivity index (χ0v) is 73.2. The molecule has 0 saturated heterocycles. The van der Waals surface area contributed by atoms with Crippen molar-refractivity contribution < 1.29 is 127 Å². The number of carboxylic acids is 5. The first-order chi connectivity index (χ1) is 59.6. The number of unbranched alkanes of at least 4 members (excludes halogenated alkanes) is 1. The van der Waals surface area contributed by atoms with E-state index in [9.17, 15) is 127 Å². The van der Waals surface area contributed by atoms with Crippen molar-refractivity contribution in [3.63, 3.8) is 0 Å². The Hall–Kier alpha value is -13.0. The predicted octanol–water partition coefficient (Wildman–Crippen LogP) is -4.34. The number of nitrogens with zero attached hydrogens (tertiary/aromatic N) is 2. The molecule has 25 N–H and O–H groups in total. The van der Waals surface area contributed by atoms with E-state index >= 15 is 0 Å². The molecule has 1 aromatic carbocycles. The number of imidazole rings is 2. The molecule has 0 aliphatic heterocycles. The fourth-order valence-corrected chi connectivity index (χ4v) is 12.8. The highest BCUT2D eigenvalue weighted by molar-refractivity contribution is 6.02. The smallest absolute Gasteiger partial charge is 0.326 e. The lowest BCUT2D eigenvalue weighted by atomic mass is 9.95. The number of carbonyl (C=O) groups is 20. The van der Waals surface area contributed by atoms with Crippen LogP contribution in [0.4, 0.5) is 0 Å². The summed E-state index contributed by atoms with van der Waals surface area (Å²) in [7, 11) is 0. The van der Waals surface area contributed by atoms with Crippen LogP contribution in [0.1, 0.15) is 171 Å². The second-order valence-electron chi connectivity index (χ2n) is 32.6. The highest BCUT2D eigenvalue weighted by atomic mass is 16.4. The minimum atomic E-state index is -2.38. The molecule has 46 heteroatoms. The molecule has 15 amide bonds. The molecule has 704 valence electrons. The lowest BCUT2D eigenvalue weighted by molar-refractivity contribution is -0.144. The molecule has 0 saturated carbocycles. The Labute approximate surface area is 732 Å². The second-order valence-corrected chi connectivity index (χ2v) is 32.6. The van der Waals surface area contributed by atoms with Crippen LogP contribution in [0.15, 0.2) is 55.4 Å². The fourth-order valence-electron chi connectivity index (χ4n) is 12.8. The van der Waals surface area contributed by atoms with Gasteiger partial charge in [-0.1, -0.05) is 120 Å². The Morgan fingerprint density at radius 3 is 0.976 bits per heavy atom. The summed E-state index contributed by atoms with van der Waals surface area (Å²) in [5.41, 5.74) is 6.12. The second kappa shape index (κ2) is 54.0. The summed E-state index contributed by atoms with van der Waals surface area (Å²) in [5.74, 6) is -28.5. The van der Waals surface area contributed by atoms with Crippen molar-refractivity contribution in [2.75, 3.05) is 13.2 Å². The highest BCUT2D eigenvalue weighted by Gasteiger charge is 2.42. The van der Waals surface area contributed by atoms with Gasteiger partial charge < -0.3 is 126 Å². The number of rotatable bonds is 58. The van der Waals surface area contributed by atoms with Crippen LogP contribution in [-0.4, -0.2) is 273 Å². The van der Waals surface area contributed by atoms with E-state index in [4.69, 9.17) is 5.73 Å². The van der Waals surface area contributed by atoms with Crippen molar-refractivity contribution in [1.82, 2.24) is 99.7 Å². The first-order valence-corrected chi connectivity index (χ1v) is 41.5. The van der Waals surface area contributed by atoms with Crippen LogP contribution >= 0.6 is 0 Å². The van der Waals surface area contributed by atoms with Gasteiger partial charge in [-0.15, -0.1) is 0 Å². The zero-order chi connectivity index (χ0) is 95.8. The normalized spacial score (nSPS) is 15.1. The number of hydrogen-bond acceptors (Lipinski definition) is 24. The molecule has 0 aliphatic rings. The summed E-state index contributed by atoms with van der Waals surface area (Å²) >= 11 is 0.